The molecule has 0 atom stereocenters. The van der Waals surface area contributed by atoms with Crippen molar-refractivity contribution in [3.63, 3.8) is 0 Å². The number of benzene rings is 1. The van der Waals surface area contributed by atoms with Crippen LogP contribution in [-0.2, 0) is 17.8 Å². The maximum Gasteiger partial charge on any atom is 0.227 e. The Morgan fingerprint density at radius 2 is 2.00 bits per heavy atom. The molecule has 2 N–H and O–H groups in total. The lowest BCUT2D eigenvalue weighted by atomic mass is 10.0. The van der Waals surface area contributed by atoms with Crippen LogP contribution in [0.2, 0.25) is 0 Å². The number of carbonyl (C=O) groups excluding carboxylic acids is 1. The van der Waals surface area contributed by atoms with Gasteiger partial charge >= 0.3 is 0 Å². The molecule has 0 bridgehead atoms. The Kier molecular flexibility index (Phi) is 3.41. The molecule has 104 valence electrons. The second kappa shape index (κ2) is 5.36. The second-order valence-corrected chi connectivity index (χ2v) is 5.03. The molecule has 2 heterocycles. The first-order chi connectivity index (χ1) is 9.74. The van der Waals surface area contributed by atoms with Gasteiger partial charge in [0.15, 0.2) is 0 Å². The van der Waals surface area contributed by atoms with Gasteiger partial charge < -0.3 is 10.6 Å². The van der Waals surface area contributed by atoms with Crippen molar-refractivity contribution in [1.82, 2.24) is 9.78 Å². The highest BCUT2D eigenvalue weighted by molar-refractivity contribution is 5.96. The third-order valence-electron chi connectivity index (χ3n) is 3.62. The number of aryl methyl sites for hydroxylation is 2. The number of nitrogens with zero attached hydrogens (tertiary/aromatic N) is 3. The number of nitrogens with two attached hydrogens (primary N) is 1. The number of anilines is 2. The van der Waals surface area contributed by atoms with Crippen LogP contribution in [-0.4, -0.2) is 22.2 Å². The zero-order chi connectivity index (χ0) is 13.9. The standard InChI is InChI=1S/C15H18N4O/c16-14-8-11-18(17-14)9-3-10-19-13-5-2-1-4-12(13)6-7-15(19)20/h1-2,4-5,8,11H,3,6-7,9-10H2,(H2,16,17). The van der Waals surface area contributed by atoms with Crippen molar-refractivity contribution in [2.75, 3.05) is 17.2 Å². The minimum Gasteiger partial charge on any atom is -0.382 e. The number of carbonyl (C=O) groups is 1. The van der Waals surface area contributed by atoms with Gasteiger partial charge in [-0.15, -0.1) is 0 Å². The number of nitrogen functional groups attached to an aromatic ring is 1. The number of hydrogen-bond donors (Lipinski definition) is 1. The molecule has 20 heavy (non-hydrogen) atoms. The first-order valence-corrected chi connectivity index (χ1v) is 6.91. The monoisotopic (exact) mass is 270 g/mol. The number of fused-ring (bicyclic) bond motifs is 1. The van der Waals surface area contributed by atoms with Crippen molar-refractivity contribution in [3.8, 4) is 0 Å². The fourth-order valence-electron chi connectivity index (χ4n) is 2.63. The Morgan fingerprint density at radius 1 is 1.15 bits per heavy atom. The van der Waals surface area contributed by atoms with Gasteiger partial charge in [0.05, 0.1) is 0 Å². The summed E-state index contributed by atoms with van der Waals surface area (Å²) in [5.41, 5.74) is 7.90. The van der Waals surface area contributed by atoms with E-state index in [9.17, 15) is 4.79 Å². The minimum atomic E-state index is 0.212. The number of hydrogen-bond acceptors (Lipinski definition) is 3. The van der Waals surface area contributed by atoms with Crippen molar-refractivity contribution in [1.29, 1.82) is 0 Å². The van der Waals surface area contributed by atoms with Crippen LogP contribution in [0, 0.1) is 0 Å². The van der Waals surface area contributed by atoms with E-state index in [-0.39, 0.29) is 5.91 Å². The highest BCUT2D eigenvalue weighted by atomic mass is 16.2. The molecule has 5 heteroatoms. The number of aromatic nitrogens is 2. The molecule has 3 rings (SSSR count). The molecule has 0 saturated heterocycles. The van der Waals surface area contributed by atoms with Crippen molar-refractivity contribution in [3.05, 3.63) is 42.1 Å². The van der Waals surface area contributed by atoms with E-state index >= 15 is 0 Å². The largest absolute Gasteiger partial charge is 0.382 e. The second-order valence-electron chi connectivity index (χ2n) is 5.03. The molecule has 5 nitrogen and oxygen atoms in total. The number of rotatable bonds is 4. The van der Waals surface area contributed by atoms with E-state index in [4.69, 9.17) is 5.73 Å². The Balaban J connectivity index is 1.66. The summed E-state index contributed by atoms with van der Waals surface area (Å²) in [6.45, 7) is 1.48. The van der Waals surface area contributed by atoms with Gasteiger partial charge in [0.1, 0.15) is 5.82 Å². The average Bonchev–Trinajstić information content (AvgIpc) is 2.87. The quantitative estimate of drug-likeness (QED) is 0.922. The lowest BCUT2D eigenvalue weighted by Crippen LogP contribution is -2.36. The van der Waals surface area contributed by atoms with Crippen molar-refractivity contribution >= 4 is 17.4 Å². The maximum absolute atomic E-state index is 12.1. The van der Waals surface area contributed by atoms with E-state index in [2.05, 4.69) is 11.2 Å². The van der Waals surface area contributed by atoms with Gasteiger partial charge in [-0.05, 0) is 30.5 Å². The maximum atomic E-state index is 12.1. The molecule has 1 aliphatic heterocycles. The highest BCUT2D eigenvalue weighted by Crippen LogP contribution is 2.27. The van der Waals surface area contributed by atoms with Crippen LogP contribution in [0.4, 0.5) is 11.5 Å². The average molecular weight is 270 g/mol. The van der Waals surface area contributed by atoms with Crippen molar-refractivity contribution in [2.45, 2.75) is 25.8 Å². The predicted octanol–water partition coefficient (Wildman–Crippen LogP) is 1.83. The smallest absolute Gasteiger partial charge is 0.227 e. The molecule has 0 radical (unpaired) electrons. The van der Waals surface area contributed by atoms with Gasteiger partial charge in [0.2, 0.25) is 5.91 Å². The molecule has 2 aromatic rings. The molecule has 1 aromatic carbocycles. The van der Waals surface area contributed by atoms with Crippen LogP contribution in [0.1, 0.15) is 18.4 Å². The molecule has 0 spiro atoms. The predicted molar refractivity (Wildman–Crippen MR) is 78.4 cm³/mol. The molecule has 0 aliphatic carbocycles. The van der Waals surface area contributed by atoms with Gasteiger partial charge in [-0.3, -0.25) is 9.48 Å². The molecule has 1 amide bonds. The van der Waals surface area contributed by atoms with Gasteiger partial charge in [-0.2, -0.15) is 5.10 Å². The van der Waals surface area contributed by atoms with Crippen LogP contribution in [0.3, 0.4) is 0 Å². The zero-order valence-electron chi connectivity index (χ0n) is 11.3. The summed E-state index contributed by atoms with van der Waals surface area (Å²) in [7, 11) is 0. The van der Waals surface area contributed by atoms with E-state index in [0.717, 1.165) is 31.6 Å². The number of amides is 1. The topological polar surface area (TPSA) is 64.2 Å². The molecule has 0 saturated carbocycles. The Labute approximate surface area is 118 Å². The molecule has 0 fully saturated rings. The Hall–Kier alpha value is -2.30. The highest BCUT2D eigenvalue weighted by Gasteiger charge is 2.22. The van der Waals surface area contributed by atoms with E-state index in [0.29, 0.717) is 12.2 Å². The first-order valence-electron chi connectivity index (χ1n) is 6.91. The SMILES string of the molecule is Nc1ccn(CCCN2C(=O)CCc3ccccc32)n1. The normalized spacial score (nSPS) is 14.4. The van der Waals surface area contributed by atoms with Gasteiger partial charge in [0.25, 0.3) is 0 Å². The van der Waals surface area contributed by atoms with Gasteiger partial charge in [-0.25, -0.2) is 0 Å². The fraction of sp³-hybridized carbons (Fsp3) is 0.333. The summed E-state index contributed by atoms with van der Waals surface area (Å²) in [5.74, 6) is 0.744. The molecule has 1 aliphatic rings. The van der Waals surface area contributed by atoms with E-state index < -0.39 is 0 Å². The van der Waals surface area contributed by atoms with E-state index in [1.165, 1.54) is 5.56 Å². The van der Waals surface area contributed by atoms with Gasteiger partial charge in [0, 0.05) is 31.4 Å². The van der Waals surface area contributed by atoms with Crippen LogP contribution >= 0.6 is 0 Å². The van der Waals surface area contributed by atoms with E-state index in [1.54, 1.807) is 6.07 Å². The number of para-hydroxylation sites is 1. The lowest BCUT2D eigenvalue weighted by molar-refractivity contribution is -0.118. The molecule has 1 aromatic heterocycles. The molecular formula is C15H18N4O. The first kappa shape index (κ1) is 12.7. The third-order valence-corrected chi connectivity index (χ3v) is 3.62. The summed E-state index contributed by atoms with van der Waals surface area (Å²) >= 11 is 0. The fourth-order valence-corrected chi connectivity index (χ4v) is 2.63. The molecule has 0 unspecified atom stereocenters. The van der Waals surface area contributed by atoms with Crippen LogP contribution in [0.15, 0.2) is 36.5 Å². The summed E-state index contributed by atoms with van der Waals surface area (Å²) in [6.07, 6.45) is 4.18. The third kappa shape index (κ3) is 2.52. The van der Waals surface area contributed by atoms with Gasteiger partial charge in [-0.1, -0.05) is 18.2 Å². The minimum absolute atomic E-state index is 0.212. The Bertz CT molecular complexity index is 620. The summed E-state index contributed by atoms with van der Waals surface area (Å²) < 4.78 is 1.82. The van der Waals surface area contributed by atoms with Crippen molar-refractivity contribution < 1.29 is 4.79 Å². The van der Waals surface area contributed by atoms with Crippen LogP contribution in [0.25, 0.3) is 0 Å². The lowest BCUT2D eigenvalue weighted by Gasteiger charge is -2.29. The summed E-state index contributed by atoms with van der Waals surface area (Å²) in [6, 6.07) is 9.92. The van der Waals surface area contributed by atoms with Crippen molar-refractivity contribution in [2.24, 2.45) is 0 Å². The molecular weight excluding hydrogens is 252 g/mol. The van der Waals surface area contributed by atoms with Crippen LogP contribution < -0.4 is 10.6 Å². The van der Waals surface area contributed by atoms with E-state index in [1.807, 2.05) is 34.0 Å². The summed E-state index contributed by atoms with van der Waals surface area (Å²) in [4.78, 5) is 14.0. The Morgan fingerprint density at radius 3 is 2.80 bits per heavy atom. The summed E-state index contributed by atoms with van der Waals surface area (Å²) in [5, 5.41) is 4.15. The zero-order valence-corrected chi connectivity index (χ0v) is 11.3. The van der Waals surface area contributed by atoms with Crippen LogP contribution in [0.5, 0.6) is 0 Å².